The van der Waals surface area contributed by atoms with Crippen LogP contribution >= 0.6 is 11.8 Å². The van der Waals surface area contributed by atoms with Gasteiger partial charge in [0.15, 0.2) is 0 Å². The lowest BCUT2D eigenvalue weighted by atomic mass is 10.2. The van der Waals surface area contributed by atoms with Crippen LogP contribution in [0.25, 0.3) is 0 Å². The van der Waals surface area contributed by atoms with E-state index in [1.54, 1.807) is 23.9 Å². The molecule has 86 valence electrons. The molecule has 1 saturated heterocycles. The molecule has 0 spiro atoms. The van der Waals surface area contributed by atoms with Crippen LogP contribution in [0.2, 0.25) is 0 Å². The summed E-state index contributed by atoms with van der Waals surface area (Å²) in [5.41, 5.74) is 0. The van der Waals surface area contributed by atoms with E-state index in [4.69, 9.17) is 0 Å². The topological polar surface area (TPSA) is 40.6 Å². The second kappa shape index (κ2) is 5.39. The van der Waals surface area contributed by atoms with Gasteiger partial charge in [0.1, 0.15) is 6.04 Å². The SMILES string of the molecule is CSCC(=O)N1CCCC1C(=O)N(C)C. The first kappa shape index (κ1) is 12.4. The Balaban J connectivity index is 2.64. The maximum atomic E-state index is 11.8. The van der Waals surface area contributed by atoms with E-state index in [0.717, 1.165) is 19.4 Å². The summed E-state index contributed by atoms with van der Waals surface area (Å²) >= 11 is 1.50. The highest BCUT2D eigenvalue weighted by molar-refractivity contribution is 7.99. The highest BCUT2D eigenvalue weighted by Crippen LogP contribution is 2.19. The van der Waals surface area contributed by atoms with Crippen LogP contribution < -0.4 is 0 Å². The quantitative estimate of drug-likeness (QED) is 0.706. The number of hydrogen-bond donors (Lipinski definition) is 0. The molecule has 15 heavy (non-hydrogen) atoms. The van der Waals surface area contributed by atoms with Crippen molar-refractivity contribution in [3.05, 3.63) is 0 Å². The third-order valence-electron chi connectivity index (χ3n) is 2.57. The van der Waals surface area contributed by atoms with Crippen LogP contribution in [0.3, 0.4) is 0 Å². The molecule has 1 aliphatic rings. The number of thioether (sulfide) groups is 1. The molecule has 0 aromatic rings. The van der Waals surface area contributed by atoms with E-state index < -0.39 is 0 Å². The maximum Gasteiger partial charge on any atom is 0.244 e. The second-order valence-corrected chi connectivity index (χ2v) is 4.78. The number of carbonyl (C=O) groups excluding carboxylic acids is 2. The number of rotatable bonds is 3. The fourth-order valence-electron chi connectivity index (χ4n) is 1.83. The van der Waals surface area contributed by atoms with Gasteiger partial charge in [-0.3, -0.25) is 9.59 Å². The molecule has 0 aromatic heterocycles. The lowest BCUT2D eigenvalue weighted by Crippen LogP contribution is -2.46. The molecule has 0 saturated carbocycles. The monoisotopic (exact) mass is 230 g/mol. The van der Waals surface area contributed by atoms with Gasteiger partial charge >= 0.3 is 0 Å². The van der Waals surface area contributed by atoms with E-state index in [2.05, 4.69) is 0 Å². The van der Waals surface area contributed by atoms with Gasteiger partial charge in [0.05, 0.1) is 5.75 Å². The van der Waals surface area contributed by atoms with Crippen molar-refractivity contribution in [2.75, 3.05) is 32.6 Å². The van der Waals surface area contributed by atoms with Crippen molar-refractivity contribution in [3.8, 4) is 0 Å². The third kappa shape index (κ3) is 2.87. The minimum Gasteiger partial charge on any atom is -0.347 e. The number of hydrogen-bond acceptors (Lipinski definition) is 3. The van der Waals surface area contributed by atoms with E-state index in [1.807, 2.05) is 6.26 Å². The van der Waals surface area contributed by atoms with Crippen molar-refractivity contribution in [3.63, 3.8) is 0 Å². The molecule has 0 aliphatic carbocycles. The average molecular weight is 230 g/mol. The normalized spacial score (nSPS) is 20.5. The van der Waals surface area contributed by atoms with E-state index in [9.17, 15) is 9.59 Å². The molecule has 0 radical (unpaired) electrons. The Hall–Kier alpha value is -0.710. The zero-order chi connectivity index (χ0) is 11.4. The maximum absolute atomic E-state index is 11.8. The number of amides is 2. The Kier molecular flexibility index (Phi) is 4.45. The van der Waals surface area contributed by atoms with E-state index in [1.165, 1.54) is 11.8 Å². The van der Waals surface area contributed by atoms with Crippen LogP contribution in [0, 0.1) is 0 Å². The van der Waals surface area contributed by atoms with Gasteiger partial charge in [-0.05, 0) is 19.1 Å². The Morgan fingerprint density at radius 3 is 2.67 bits per heavy atom. The summed E-state index contributed by atoms with van der Waals surface area (Å²) in [6.45, 7) is 0.726. The van der Waals surface area contributed by atoms with Gasteiger partial charge in [-0.15, -0.1) is 0 Å². The smallest absolute Gasteiger partial charge is 0.244 e. The number of nitrogens with zero attached hydrogens (tertiary/aromatic N) is 2. The first-order chi connectivity index (χ1) is 7.07. The highest BCUT2D eigenvalue weighted by atomic mass is 32.2. The molecule has 1 aliphatic heterocycles. The van der Waals surface area contributed by atoms with E-state index >= 15 is 0 Å². The molecule has 5 heteroatoms. The van der Waals surface area contributed by atoms with Crippen LogP contribution in [0.4, 0.5) is 0 Å². The molecule has 1 atom stereocenters. The van der Waals surface area contributed by atoms with Crippen molar-refractivity contribution < 1.29 is 9.59 Å². The van der Waals surface area contributed by atoms with Gasteiger partial charge in [-0.1, -0.05) is 0 Å². The number of likely N-dealkylation sites (N-methyl/N-ethyl adjacent to an activating group) is 1. The second-order valence-electron chi connectivity index (χ2n) is 3.91. The van der Waals surface area contributed by atoms with Crippen molar-refractivity contribution in [1.82, 2.24) is 9.80 Å². The molecule has 4 nitrogen and oxygen atoms in total. The van der Waals surface area contributed by atoms with Gasteiger partial charge in [-0.2, -0.15) is 11.8 Å². The van der Waals surface area contributed by atoms with Gasteiger partial charge in [-0.25, -0.2) is 0 Å². The average Bonchev–Trinajstić information content (AvgIpc) is 2.65. The Bertz CT molecular complexity index is 256. The molecule has 0 N–H and O–H groups in total. The number of likely N-dealkylation sites (tertiary alicyclic amines) is 1. The molecule has 1 unspecified atom stereocenters. The Morgan fingerprint density at radius 1 is 1.47 bits per heavy atom. The molecular weight excluding hydrogens is 212 g/mol. The molecule has 2 amide bonds. The molecule has 1 rings (SSSR count). The van der Waals surface area contributed by atoms with Gasteiger partial charge in [0.2, 0.25) is 11.8 Å². The van der Waals surface area contributed by atoms with Crippen LogP contribution in [-0.4, -0.2) is 60.3 Å². The molecule has 0 aromatic carbocycles. The predicted molar refractivity (Wildman–Crippen MR) is 61.8 cm³/mol. The van der Waals surface area contributed by atoms with Gasteiger partial charge in [0, 0.05) is 20.6 Å². The standard InChI is InChI=1S/C10H18N2O2S/c1-11(2)10(14)8-5-4-6-12(8)9(13)7-15-3/h8H,4-7H2,1-3H3. The van der Waals surface area contributed by atoms with Crippen molar-refractivity contribution in [1.29, 1.82) is 0 Å². The van der Waals surface area contributed by atoms with Crippen molar-refractivity contribution in [2.45, 2.75) is 18.9 Å². The lowest BCUT2D eigenvalue weighted by molar-refractivity contribution is -0.140. The summed E-state index contributed by atoms with van der Waals surface area (Å²) in [6, 6.07) is -0.223. The summed E-state index contributed by atoms with van der Waals surface area (Å²) in [5, 5.41) is 0. The van der Waals surface area contributed by atoms with Crippen LogP contribution in [-0.2, 0) is 9.59 Å². The fourth-order valence-corrected chi connectivity index (χ4v) is 2.24. The van der Waals surface area contributed by atoms with Gasteiger partial charge < -0.3 is 9.80 Å². The van der Waals surface area contributed by atoms with Crippen LogP contribution in [0.1, 0.15) is 12.8 Å². The summed E-state index contributed by atoms with van der Waals surface area (Å²) < 4.78 is 0. The zero-order valence-electron chi connectivity index (χ0n) is 9.52. The summed E-state index contributed by atoms with van der Waals surface area (Å²) in [6.07, 6.45) is 3.64. The highest BCUT2D eigenvalue weighted by Gasteiger charge is 2.34. The van der Waals surface area contributed by atoms with E-state index in [-0.39, 0.29) is 17.9 Å². The van der Waals surface area contributed by atoms with E-state index in [0.29, 0.717) is 5.75 Å². The Labute approximate surface area is 95.0 Å². The van der Waals surface area contributed by atoms with Crippen LogP contribution in [0.15, 0.2) is 0 Å². The number of carbonyl (C=O) groups is 2. The minimum atomic E-state index is -0.223. The molecular formula is C10H18N2O2S. The predicted octanol–water partition coefficient (Wildman–Crippen LogP) is 0.429. The summed E-state index contributed by atoms with van der Waals surface area (Å²) in [4.78, 5) is 26.8. The summed E-state index contributed by atoms with van der Waals surface area (Å²) in [5.74, 6) is 0.596. The third-order valence-corrected chi connectivity index (χ3v) is 3.10. The van der Waals surface area contributed by atoms with Crippen molar-refractivity contribution in [2.24, 2.45) is 0 Å². The zero-order valence-corrected chi connectivity index (χ0v) is 10.3. The Morgan fingerprint density at radius 2 is 2.13 bits per heavy atom. The fraction of sp³-hybridized carbons (Fsp3) is 0.800. The van der Waals surface area contributed by atoms with Crippen molar-refractivity contribution >= 4 is 23.6 Å². The first-order valence-corrected chi connectivity index (χ1v) is 6.47. The molecule has 1 fully saturated rings. The van der Waals surface area contributed by atoms with Crippen LogP contribution in [0.5, 0.6) is 0 Å². The first-order valence-electron chi connectivity index (χ1n) is 5.07. The largest absolute Gasteiger partial charge is 0.347 e. The summed E-state index contributed by atoms with van der Waals surface area (Å²) in [7, 11) is 3.47. The minimum absolute atomic E-state index is 0.0435. The van der Waals surface area contributed by atoms with Gasteiger partial charge in [0.25, 0.3) is 0 Å². The molecule has 1 heterocycles. The lowest BCUT2D eigenvalue weighted by Gasteiger charge is -2.25. The molecule has 0 bridgehead atoms.